The normalized spacial score (nSPS) is 17.0. The van der Waals surface area contributed by atoms with E-state index in [2.05, 4.69) is 5.32 Å². The Morgan fingerprint density at radius 2 is 1.95 bits per heavy atom. The van der Waals surface area contributed by atoms with Gasteiger partial charge >= 0.3 is 0 Å². The lowest BCUT2D eigenvalue weighted by Crippen LogP contribution is -2.26. The average molecular weight is 298 g/mol. The van der Waals surface area contributed by atoms with Crippen LogP contribution in [0.15, 0.2) is 36.4 Å². The minimum Gasteiger partial charge on any atom is -0.325 e. The van der Waals surface area contributed by atoms with Crippen molar-refractivity contribution in [3.05, 3.63) is 64.5 Å². The van der Waals surface area contributed by atoms with Crippen molar-refractivity contribution in [1.29, 1.82) is 0 Å². The van der Waals surface area contributed by atoms with E-state index in [0.717, 1.165) is 11.1 Å². The summed E-state index contributed by atoms with van der Waals surface area (Å²) in [6, 6.07) is 10.1. The van der Waals surface area contributed by atoms with Crippen molar-refractivity contribution in [2.45, 2.75) is 32.2 Å². The maximum absolute atomic E-state index is 14.1. The van der Waals surface area contributed by atoms with Crippen LogP contribution in [-0.2, 0) is 10.2 Å². The zero-order chi connectivity index (χ0) is 16.1. The van der Waals surface area contributed by atoms with Gasteiger partial charge in [-0.05, 0) is 44.0 Å². The van der Waals surface area contributed by atoms with Gasteiger partial charge in [-0.15, -0.1) is 0 Å². The molecule has 1 aliphatic rings. The van der Waals surface area contributed by atoms with Crippen LogP contribution in [0.2, 0.25) is 0 Å². The van der Waals surface area contributed by atoms with Crippen molar-refractivity contribution in [2.75, 3.05) is 5.32 Å². The Morgan fingerprint density at radius 1 is 1.23 bits per heavy atom. The van der Waals surface area contributed by atoms with Crippen LogP contribution in [0.25, 0.3) is 0 Å². The average Bonchev–Trinajstić information content (AvgIpc) is 2.69. The lowest BCUT2D eigenvalue weighted by atomic mass is 9.84. The van der Waals surface area contributed by atoms with E-state index in [-0.39, 0.29) is 11.7 Å². The molecule has 0 saturated carbocycles. The van der Waals surface area contributed by atoms with Crippen molar-refractivity contribution in [3.8, 4) is 0 Å². The molecule has 3 N–H and O–H groups in total. The van der Waals surface area contributed by atoms with Gasteiger partial charge in [-0.1, -0.05) is 29.8 Å². The predicted octanol–water partition coefficient (Wildman–Crippen LogP) is 3.41. The van der Waals surface area contributed by atoms with Gasteiger partial charge in [-0.2, -0.15) is 0 Å². The van der Waals surface area contributed by atoms with E-state index in [0.29, 0.717) is 16.8 Å². The molecule has 1 atom stereocenters. The molecule has 4 heteroatoms. The van der Waals surface area contributed by atoms with Crippen LogP contribution in [0.5, 0.6) is 0 Å². The summed E-state index contributed by atoms with van der Waals surface area (Å²) in [4.78, 5) is 12.2. The van der Waals surface area contributed by atoms with Crippen LogP contribution >= 0.6 is 0 Å². The lowest BCUT2D eigenvalue weighted by Gasteiger charge is -2.19. The molecule has 22 heavy (non-hydrogen) atoms. The van der Waals surface area contributed by atoms with Gasteiger partial charge in [-0.25, -0.2) is 4.39 Å². The van der Waals surface area contributed by atoms with E-state index < -0.39 is 11.5 Å². The van der Waals surface area contributed by atoms with Crippen LogP contribution in [-0.4, -0.2) is 5.91 Å². The number of aryl methyl sites for hydroxylation is 1. The number of carbonyl (C=O) groups is 1. The first-order valence-electron chi connectivity index (χ1n) is 7.28. The Kier molecular flexibility index (Phi) is 3.29. The Bertz CT molecular complexity index is 768. The highest BCUT2D eigenvalue weighted by Crippen LogP contribution is 2.42. The van der Waals surface area contributed by atoms with Crippen molar-refractivity contribution >= 4 is 11.6 Å². The van der Waals surface area contributed by atoms with Crippen LogP contribution in [0, 0.1) is 12.7 Å². The van der Waals surface area contributed by atoms with Crippen molar-refractivity contribution in [3.63, 3.8) is 0 Å². The molecule has 0 saturated heterocycles. The zero-order valence-corrected chi connectivity index (χ0v) is 12.9. The Morgan fingerprint density at radius 3 is 2.64 bits per heavy atom. The van der Waals surface area contributed by atoms with E-state index in [1.54, 1.807) is 13.8 Å². The van der Waals surface area contributed by atoms with Gasteiger partial charge in [0.1, 0.15) is 5.82 Å². The molecule has 1 aliphatic heterocycles. The molecule has 1 amide bonds. The second kappa shape index (κ2) is 4.92. The summed E-state index contributed by atoms with van der Waals surface area (Å²) in [7, 11) is 0. The quantitative estimate of drug-likeness (QED) is 0.892. The number of benzene rings is 2. The molecule has 0 fully saturated rings. The molecule has 0 bridgehead atoms. The first-order chi connectivity index (χ1) is 10.3. The second-order valence-electron chi connectivity index (χ2n) is 6.39. The van der Waals surface area contributed by atoms with Crippen molar-refractivity contribution < 1.29 is 9.18 Å². The fraction of sp³-hybridized carbons (Fsp3) is 0.278. The molecule has 0 aliphatic carbocycles. The molecule has 1 heterocycles. The number of halogens is 1. The summed E-state index contributed by atoms with van der Waals surface area (Å²) in [5.74, 6) is -0.507. The maximum Gasteiger partial charge on any atom is 0.234 e. The highest BCUT2D eigenvalue weighted by Gasteiger charge is 2.40. The summed E-state index contributed by atoms with van der Waals surface area (Å²) >= 11 is 0. The Labute approximate surface area is 129 Å². The molecule has 3 rings (SSSR count). The first kappa shape index (κ1) is 14.7. The third kappa shape index (κ3) is 2.20. The molecular weight excluding hydrogens is 279 g/mol. The fourth-order valence-corrected chi connectivity index (χ4v) is 2.94. The molecule has 0 aromatic heterocycles. The van der Waals surface area contributed by atoms with Gasteiger partial charge in [-0.3, -0.25) is 4.79 Å². The molecular formula is C18H19FN2O. The van der Waals surface area contributed by atoms with E-state index in [9.17, 15) is 9.18 Å². The smallest absolute Gasteiger partial charge is 0.234 e. The van der Waals surface area contributed by atoms with Crippen LogP contribution < -0.4 is 11.1 Å². The fourth-order valence-electron chi connectivity index (χ4n) is 2.94. The molecule has 2 aromatic carbocycles. The maximum atomic E-state index is 14.1. The SMILES string of the molecule is Cc1cccc(C(N)c2cc(F)cc3c2NC(=O)C3(C)C)c1. The number of anilines is 1. The van der Waals surface area contributed by atoms with Crippen molar-refractivity contribution in [2.24, 2.45) is 5.73 Å². The Hall–Kier alpha value is -2.20. The number of hydrogen-bond donors (Lipinski definition) is 2. The van der Waals surface area contributed by atoms with Crippen molar-refractivity contribution in [1.82, 2.24) is 0 Å². The van der Waals surface area contributed by atoms with E-state index >= 15 is 0 Å². The summed E-state index contributed by atoms with van der Waals surface area (Å²) in [6.45, 7) is 5.56. The molecule has 3 nitrogen and oxygen atoms in total. The minimum absolute atomic E-state index is 0.134. The van der Waals surface area contributed by atoms with Crippen LogP contribution in [0.1, 0.15) is 42.1 Å². The summed E-state index contributed by atoms with van der Waals surface area (Å²) in [6.07, 6.45) is 0. The third-order valence-electron chi connectivity index (χ3n) is 4.35. The summed E-state index contributed by atoms with van der Waals surface area (Å²) in [5, 5.41) is 2.86. The van der Waals surface area contributed by atoms with Gasteiger partial charge in [0.2, 0.25) is 5.91 Å². The van der Waals surface area contributed by atoms with Gasteiger partial charge in [0, 0.05) is 5.56 Å². The molecule has 1 unspecified atom stereocenters. The van der Waals surface area contributed by atoms with Crippen LogP contribution in [0.4, 0.5) is 10.1 Å². The number of carbonyl (C=O) groups excluding carboxylic acids is 1. The van der Waals surface area contributed by atoms with Crippen LogP contribution in [0.3, 0.4) is 0 Å². The predicted molar refractivity (Wildman–Crippen MR) is 85.3 cm³/mol. The van der Waals surface area contributed by atoms with E-state index in [1.807, 2.05) is 31.2 Å². The largest absolute Gasteiger partial charge is 0.325 e. The minimum atomic E-state index is -0.751. The van der Waals surface area contributed by atoms with E-state index in [1.165, 1.54) is 12.1 Å². The Balaban J connectivity index is 2.15. The number of rotatable bonds is 2. The van der Waals surface area contributed by atoms with Gasteiger partial charge in [0.25, 0.3) is 0 Å². The molecule has 114 valence electrons. The topological polar surface area (TPSA) is 55.1 Å². The highest BCUT2D eigenvalue weighted by molar-refractivity contribution is 6.06. The molecule has 2 aromatic rings. The monoisotopic (exact) mass is 298 g/mol. The zero-order valence-electron chi connectivity index (χ0n) is 12.9. The summed E-state index contributed by atoms with van der Waals surface area (Å²) < 4.78 is 14.1. The number of nitrogens with two attached hydrogens (primary N) is 1. The molecule has 0 radical (unpaired) electrons. The number of fused-ring (bicyclic) bond motifs is 1. The number of nitrogens with one attached hydrogen (secondary N) is 1. The summed E-state index contributed by atoms with van der Waals surface area (Å²) in [5.41, 5.74) is 9.49. The standard InChI is InChI=1S/C18H19FN2O/c1-10-5-4-6-11(7-10)15(20)13-8-12(19)9-14-16(13)21-17(22)18(14,2)3/h4-9,15H,20H2,1-3H3,(H,21,22). The van der Waals surface area contributed by atoms with E-state index in [4.69, 9.17) is 5.73 Å². The lowest BCUT2D eigenvalue weighted by molar-refractivity contribution is -0.119. The van der Waals surface area contributed by atoms with Gasteiger partial charge < -0.3 is 11.1 Å². The number of hydrogen-bond acceptors (Lipinski definition) is 2. The van der Waals surface area contributed by atoms with Gasteiger partial charge in [0.15, 0.2) is 0 Å². The third-order valence-corrected chi connectivity index (χ3v) is 4.35. The highest BCUT2D eigenvalue weighted by atomic mass is 19.1. The van der Waals surface area contributed by atoms with Gasteiger partial charge in [0.05, 0.1) is 17.1 Å². The first-order valence-corrected chi connectivity index (χ1v) is 7.28. The second-order valence-corrected chi connectivity index (χ2v) is 6.39. The molecule has 0 spiro atoms. The number of amides is 1.